The minimum atomic E-state index is -0.380. The van der Waals surface area contributed by atoms with Gasteiger partial charge in [-0.3, -0.25) is 10.1 Å². The van der Waals surface area contributed by atoms with E-state index in [1.807, 2.05) is 6.07 Å². The number of methoxy groups -OCH3 is 1. The van der Waals surface area contributed by atoms with Gasteiger partial charge in [-0.05, 0) is 43.9 Å². The molecule has 112 valence electrons. The van der Waals surface area contributed by atoms with E-state index in [1.54, 1.807) is 6.07 Å². The third kappa shape index (κ3) is 4.81. The average Bonchev–Trinajstić information content (AvgIpc) is 2.43. The van der Waals surface area contributed by atoms with Crippen LogP contribution in [-0.2, 0) is 6.42 Å². The molecule has 5 nitrogen and oxygen atoms in total. The minimum absolute atomic E-state index is 0.0840. The molecule has 0 heterocycles. The van der Waals surface area contributed by atoms with Crippen LogP contribution in [0, 0.1) is 16.0 Å². The normalized spacial score (nSPS) is 13.8. The Morgan fingerprint density at radius 1 is 1.35 bits per heavy atom. The Hall–Kier alpha value is -1.62. The number of rotatable bonds is 8. The van der Waals surface area contributed by atoms with Crippen LogP contribution in [0.1, 0.15) is 32.8 Å². The van der Waals surface area contributed by atoms with Gasteiger partial charge in [0.05, 0.1) is 18.1 Å². The van der Waals surface area contributed by atoms with Crippen molar-refractivity contribution in [2.75, 3.05) is 13.7 Å². The summed E-state index contributed by atoms with van der Waals surface area (Å²) in [5.74, 6) is 0.934. The summed E-state index contributed by atoms with van der Waals surface area (Å²) in [4.78, 5) is 10.5. The second-order valence-electron chi connectivity index (χ2n) is 5.22. The number of benzene rings is 1. The fraction of sp³-hybridized carbons (Fsp3) is 0.600. The molecule has 1 N–H and O–H groups in total. The van der Waals surface area contributed by atoms with Crippen molar-refractivity contribution in [2.24, 2.45) is 5.92 Å². The number of nitro benzene ring substituents is 1. The van der Waals surface area contributed by atoms with Gasteiger partial charge in [0.15, 0.2) is 0 Å². The highest BCUT2D eigenvalue weighted by atomic mass is 16.6. The number of hydrogen-bond donors (Lipinski definition) is 1. The van der Waals surface area contributed by atoms with Crippen LogP contribution in [0.15, 0.2) is 18.2 Å². The van der Waals surface area contributed by atoms with Gasteiger partial charge in [0.1, 0.15) is 5.75 Å². The summed E-state index contributed by atoms with van der Waals surface area (Å²) in [5, 5.41) is 14.4. The first kappa shape index (κ1) is 16.4. The van der Waals surface area contributed by atoms with E-state index in [9.17, 15) is 10.1 Å². The zero-order chi connectivity index (χ0) is 15.1. The lowest BCUT2D eigenvalue weighted by Gasteiger charge is -2.21. The van der Waals surface area contributed by atoms with Crippen LogP contribution in [0.25, 0.3) is 0 Å². The van der Waals surface area contributed by atoms with Crippen LogP contribution in [0.5, 0.6) is 5.75 Å². The second-order valence-corrected chi connectivity index (χ2v) is 5.22. The number of non-ortho nitro benzene ring substituents is 1. The summed E-state index contributed by atoms with van der Waals surface area (Å²) in [7, 11) is 1.53. The molecule has 0 aliphatic rings. The molecule has 2 unspecified atom stereocenters. The van der Waals surface area contributed by atoms with E-state index in [0.29, 0.717) is 17.7 Å². The van der Waals surface area contributed by atoms with E-state index in [1.165, 1.54) is 13.2 Å². The number of nitro groups is 1. The van der Waals surface area contributed by atoms with Gasteiger partial charge in [-0.1, -0.05) is 13.8 Å². The molecule has 0 aliphatic carbocycles. The SMILES string of the molecule is CCCNC(C)C(C)Cc1cc(OC)cc([N+](=O)[O-])c1. The zero-order valence-corrected chi connectivity index (χ0v) is 12.7. The van der Waals surface area contributed by atoms with Gasteiger partial charge in [0, 0.05) is 12.1 Å². The van der Waals surface area contributed by atoms with E-state index in [-0.39, 0.29) is 10.6 Å². The van der Waals surface area contributed by atoms with Crippen molar-refractivity contribution in [1.29, 1.82) is 0 Å². The highest BCUT2D eigenvalue weighted by Crippen LogP contribution is 2.24. The standard InChI is InChI=1S/C15H24N2O3/c1-5-6-16-12(3)11(2)7-13-8-14(17(18)19)10-15(9-13)20-4/h8-12,16H,5-7H2,1-4H3. The topological polar surface area (TPSA) is 64.4 Å². The Labute approximate surface area is 120 Å². The van der Waals surface area contributed by atoms with Crippen LogP contribution >= 0.6 is 0 Å². The van der Waals surface area contributed by atoms with Gasteiger partial charge in [-0.15, -0.1) is 0 Å². The van der Waals surface area contributed by atoms with Crippen LogP contribution in [-0.4, -0.2) is 24.6 Å². The van der Waals surface area contributed by atoms with Gasteiger partial charge in [0.2, 0.25) is 0 Å². The number of nitrogens with zero attached hydrogens (tertiary/aromatic N) is 1. The molecule has 2 atom stereocenters. The molecule has 0 bridgehead atoms. The van der Waals surface area contributed by atoms with Crippen molar-refractivity contribution >= 4 is 5.69 Å². The van der Waals surface area contributed by atoms with E-state index in [2.05, 4.69) is 26.1 Å². The molecule has 0 aromatic heterocycles. The summed E-state index contributed by atoms with van der Waals surface area (Å²) in [6, 6.07) is 5.33. The van der Waals surface area contributed by atoms with Gasteiger partial charge >= 0.3 is 0 Å². The second kappa shape index (κ2) is 7.85. The molecular formula is C15H24N2O3. The van der Waals surface area contributed by atoms with Crippen molar-refractivity contribution in [1.82, 2.24) is 5.32 Å². The average molecular weight is 280 g/mol. The molecular weight excluding hydrogens is 256 g/mol. The minimum Gasteiger partial charge on any atom is -0.496 e. The highest BCUT2D eigenvalue weighted by Gasteiger charge is 2.15. The molecule has 5 heteroatoms. The van der Waals surface area contributed by atoms with Crippen molar-refractivity contribution < 1.29 is 9.66 Å². The summed E-state index contributed by atoms with van der Waals surface area (Å²) in [6.07, 6.45) is 1.89. The van der Waals surface area contributed by atoms with Crippen molar-refractivity contribution in [3.63, 3.8) is 0 Å². The fourth-order valence-electron chi connectivity index (χ4n) is 2.11. The molecule has 0 spiro atoms. The highest BCUT2D eigenvalue weighted by molar-refractivity contribution is 5.43. The van der Waals surface area contributed by atoms with Crippen LogP contribution < -0.4 is 10.1 Å². The Morgan fingerprint density at radius 2 is 2.05 bits per heavy atom. The van der Waals surface area contributed by atoms with E-state index in [0.717, 1.165) is 24.9 Å². The lowest BCUT2D eigenvalue weighted by Crippen LogP contribution is -2.33. The summed E-state index contributed by atoms with van der Waals surface area (Å²) >= 11 is 0. The molecule has 0 saturated heterocycles. The molecule has 0 radical (unpaired) electrons. The lowest BCUT2D eigenvalue weighted by atomic mass is 9.94. The Balaban J connectivity index is 2.80. The fourth-order valence-corrected chi connectivity index (χ4v) is 2.11. The monoisotopic (exact) mass is 280 g/mol. The summed E-state index contributed by atoms with van der Waals surface area (Å²) in [6.45, 7) is 7.42. The third-order valence-electron chi connectivity index (χ3n) is 3.53. The molecule has 20 heavy (non-hydrogen) atoms. The number of nitrogens with one attached hydrogen (secondary N) is 1. The van der Waals surface area contributed by atoms with Gasteiger partial charge in [-0.25, -0.2) is 0 Å². The van der Waals surface area contributed by atoms with Crippen LogP contribution in [0.4, 0.5) is 5.69 Å². The first-order valence-corrected chi connectivity index (χ1v) is 7.03. The molecule has 1 rings (SSSR count). The third-order valence-corrected chi connectivity index (χ3v) is 3.53. The molecule has 0 fully saturated rings. The molecule has 0 aliphatic heterocycles. The van der Waals surface area contributed by atoms with Crippen molar-refractivity contribution in [3.05, 3.63) is 33.9 Å². The van der Waals surface area contributed by atoms with Gasteiger partial charge < -0.3 is 10.1 Å². The van der Waals surface area contributed by atoms with Crippen molar-refractivity contribution in [2.45, 2.75) is 39.7 Å². The van der Waals surface area contributed by atoms with Gasteiger partial charge in [0.25, 0.3) is 5.69 Å². The molecule has 0 amide bonds. The number of ether oxygens (including phenoxy) is 1. The van der Waals surface area contributed by atoms with Crippen molar-refractivity contribution in [3.8, 4) is 5.75 Å². The summed E-state index contributed by atoms with van der Waals surface area (Å²) in [5.41, 5.74) is 1.02. The maximum absolute atomic E-state index is 10.9. The first-order valence-electron chi connectivity index (χ1n) is 7.03. The molecule has 1 aromatic carbocycles. The van der Waals surface area contributed by atoms with E-state index < -0.39 is 0 Å². The lowest BCUT2D eigenvalue weighted by molar-refractivity contribution is -0.385. The van der Waals surface area contributed by atoms with E-state index in [4.69, 9.17) is 4.74 Å². The quantitative estimate of drug-likeness (QED) is 0.587. The Morgan fingerprint density at radius 3 is 2.60 bits per heavy atom. The predicted molar refractivity (Wildman–Crippen MR) is 80.3 cm³/mol. The van der Waals surface area contributed by atoms with Crippen LogP contribution in [0.2, 0.25) is 0 Å². The zero-order valence-electron chi connectivity index (χ0n) is 12.7. The first-order chi connectivity index (χ1) is 9.47. The van der Waals surface area contributed by atoms with E-state index >= 15 is 0 Å². The molecule has 1 aromatic rings. The Kier molecular flexibility index (Phi) is 6.45. The number of hydrogen-bond acceptors (Lipinski definition) is 4. The predicted octanol–water partition coefficient (Wildman–Crippen LogP) is 3.17. The van der Waals surface area contributed by atoms with Crippen LogP contribution in [0.3, 0.4) is 0 Å². The largest absolute Gasteiger partial charge is 0.496 e. The smallest absolute Gasteiger partial charge is 0.273 e. The molecule has 0 saturated carbocycles. The maximum Gasteiger partial charge on any atom is 0.273 e. The Bertz CT molecular complexity index is 449. The summed E-state index contributed by atoms with van der Waals surface area (Å²) < 4.78 is 5.13. The van der Waals surface area contributed by atoms with Gasteiger partial charge in [-0.2, -0.15) is 0 Å². The maximum atomic E-state index is 10.9.